The molecule has 1 amide bonds. The molecule has 0 aliphatic rings. The Morgan fingerprint density at radius 3 is 2.00 bits per heavy atom. The van der Waals surface area contributed by atoms with Crippen LogP contribution in [0.15, 0.2) is 77.7 Å². The fourth-order valence-corrected chi connectivity index (χ4v) is 4.83. The van der Waals surface area contributed by atoms with Crippen molar-refractivity contribution in [2.24, 2.45) is 0 Å². The molecule has 0 saturated carbocycles. The molecular formula is C26H28ClN3O5S. The zero-order valence-corrected chi connectivity index (χ0v) is 21.5. The first-order chi connectivity index (χ1) is 17.1. The van der Waals surface area contributed by atoms with Gasteiger partial charge >= 0.3 is 5.97 Å². The molecule has 0 radical (unpaired) electrons. The number of hydrogen-bond acceptors (Lipinski definition) is 5. The largest absolute Gasteiger partial charge is 0.480 e. The number of hydrogen-bond donors (Lipinski definition) is 3. The summed E-state index contributed by atoms with van der Waals surface area (Å²) in [5.74, 6) is -1.57. The monoisotopic (exact) mass is 529 g/mol. The summed E-state index contributed by atoms with van der Waals surface area (Å²) in [5.41, 5.74) is 3.11. The molecule has 0 spiro atoms. The van der Waals surface area contributed by atoms with Crippen LogP contribution in [-0.4, -0.2) is 52.1 Å². The zero-order valence-electron chi connectivity index (χ0n) is 19.9. The predicted molar refractivity (Wildman–Crippen MR) is 141 cm³/mol. The molecule has 0 fully saturated rings. The summed E-state index contributed by atoms with van der Waals surface area (Å²) in [6.07, 6.45) is 0.285. The molecule has 10 heteroatoms. The third kappa shape index (κ3) is 7.30. The van der Waals surface area contributed by atoms with E-state index in [4.69, 9.17) is 11.6 Å². The van der Waals surface area contributed by atoms with Gasteiger partial charge in [-0.05, 0) is 72.5 Å². The molecule has 36 heavy (non-hydrogen) atoms. The Bertz CT molecular complexity index is 1290. The van der Waals surface area contributed by atoms with Crippen molar-refractivity contribution in [3.63, 3.8) is 0 Å². The molecule has 3 N–H and O–H groups in total. The van der Waals surface area contributed by atoms with E-state index in [2.05, 4.69) is 10.0 Å². The van der Waals surface area contributed by atoms with E-state index in [9.17, 15) is 23.1 Å². The third-order valence-corrected chi connectivity index (χ3v) is 7.28. The van der Waals surface area contributed by atoms with Crippen LogP contribution in [0.1, 0.15) is 23.2 Å². The van der Waals surface area contributed by atoms with Gasteiger partial charge in [0.15, 0.2) is 0 Å². The summed E-state index contributed by atoms with van der Waals surface area (Å²) in [6.45, 7) is 0.204. The van der Waals surface area contributed by atoms with Gasteiger partial charge < -0.3 is 15.3 Å². The van der Waals surface area contributed by atoms with Gasteiger partial charge in [0, 0.05) is 36.9 Å². The molecule has 0 aromatic heterocycles. The van der Waals surface area contributed by atoms with Crippen molar-refractivity contribution >= 4 is 39.2 Å². The van der Waals surface area contributed by atoms with Crippen LogP contribution in [0, 0.1) is 0 Å². The van der Waals surface area contributed by atoms with Gasteiger partial charge in [0.2, 0.25) is 10.0 Å². The highest BCUT2D eigenvalue weighted by Gasteiger charge is 2.25. The summed E-state index contributed by atoms with van der Waals surface area (Å²) in [7, 11) is -0.258. The van der Waals surface area contributed by atoms with E-state index in [1.54, 1.807) is 36.4 Å². The first kappa shape index (κ1) is 27.2. The number of carboxylic acid groups (broad SMARTS) is 1. The minimum absolute atomic E-state index is 0.0112. The van der Waals surface area contributed by atoms with Crippen molar-refractivity contribution < 1.29 is 23.1 Å². The number of nitrogens with zero attached hydrogens (tertiary/aromatic N) is 1. The Labute approximate surface area is 216 Å². The Balaban J connectivity index is 1.55. The summed E-state index contributed by atoms with van der Waals surface area (Å²) >= 11 is 5.90. The van der Waals surface area contributed by atoms with Crippen LogP contribution in [0.4, 0.5) is 5.69 Å². The molecular weight excluding hydrogens is 502 g/mol. The Morgan fingerprint density at radius 1 is 0.917 bits per heavy atom. The van der Waals surface area contributed by atoms with Crippen molar-refractivity contribution in [3.8, 4) is 11.1 Å². The lowest BCUT2D eigenvalue weighted by Gasteiger charge is -2.15. The second-order valence-electron chi connectivity index (χ2n) is 8.38. The van der Waals surface area contributed by atoms with E-state index >= 15 is 0 Å². The SMILES string of the molecule is CN(C)c1ccc(C(=O)NCCC[C@@H](NS(=O)(=O)c2ccc(-c3ccc(Cl)cc3)cc2)C(=O)O)cc1. The number of nitrogens with one attached hydrogen (secondary N) is 2. The fraction of sp³-hybridized carbons (Fsp3) is 0.231. The molecule has 190 valence electrons. The molecule has 0 bridgehead atoms. The van der Waals surface area contributed by atoms with Crippen LogP contribution < -0.4 is 14.9 Å². The Hall–Kier alpha value is -3.40. The second kappa shape index (κ2) is 12.0. The zero-order chi connectivity index (χ0) is 26.3. The highest BCUT2D eigenvalue weighted by atomic mass is 35.5. The molecule has 3 rings (SSSR count). The Kier molecular flexibility index (Phi) is 9.08. The first-order valence-electron chi connectivity index (χ1n) is 11.2. The quantitative estimate of drug-likeness (QED) is 0.323. The van der Waals surface area contributed by atoms with Gasteiger partial charge in [-0.1, -0.05) is 35.9 Å². The van der Waals surface area contributed by atoms with Gasteiger partial charge in [-0.15, -0.1) is 0 Å². The molecule has 3 aromatic rings. The van der Waals surface area contributed by atoms with Crippen LogP contribution in [0.25, 0.3) is 11.1 Å². The van der Waals surface area contributed by atoms with Crippen LogP contribution in [0.2, 0.25) is 5.02 Å². The topological polar surface area (TPSA) is 116 Å². The van der Waals surface area contributed by atoms with E-state index in [0.717, 1.165) is 16.8 Å². The minimum Gasteiger partial charge on any atom is -0.480 e. The first-order valence-corrected chi connectivity index (χ1v) is 13.1. The van der Waals surface area contributed by atoms with E-state index in [1.165, 1.54) is 12.1 Å². The summed E-state index contributed by atoms with van der Waals surface area (Å²) in [4.78, 5) is 25.9. The lowest BCUT2D eigenvalue weighted by molar-refractivity contribution is -0.139. The molecule has 8 nitrogen and oxygen atoms in total. The summed E-state index contributed by atoms with van der Waals surface area (Å²) in [6, 6.07) is 19.0. The third-order valence-electron chi connectivity index (χ3n) is 5.54. The summed E-state index contributed by atoms with van der Waals surface area (Å²) in [5, 5.41) is 12.9. The molecule has 0 aliphatic heterocycles. The number of anilines is 1. The number of carbonyl (C=O) groups is 2. The van der Waals surface area contributed by atoms with Crippen LogP contribution in [0.5, 0.6) is 0 Å². The lowest BCUT2D eigenvalue weighted by atomic mass is 10.1. The second-order valence-corrected chi connectivity index (χ2v) is 10.5. The molecule has 0 unspecified atom stereocenters. The number of rotatable bonds is 11. The minimum atomic E-state index is -4.06. The molecule has 3 aromatic carbocycles. The van der Waals surface area contributed by atoms with Crippen LogP contribution >= 0.6 is 11.6 Å². The molecule has 0 aliphatic carbocycles. The number of sulfonamides is 1. The summed E-state index contributed by atoms with van der Waals surface area (Å²) < 4.78 is 27.8. The van der Waals surface area contributed by atoms with Crippen molar-refractivity contribution in [1.82, 2.24) is 10.0 Å². The number of carbonyl (C=O) groups excluding carboxylic acids is 1. The van der Waals surface area contributed by atoms with Gasteiger partial charge in [-0.25, -0.2) is 8.42 Å². The highest BCUT2D eigenvalue weighted by Crippen LogP contribution is 2.23. The number of amides is 1. The lowest BCUT2D eigenvalue weighted by Crippen LogP contribution is -2.41. The molecule has 1 atom stereocenters. The van der Waals surface area contributed by atoms with Gasteiger partial charge in [0.1, 0.15) is 6.04 Å². The van der Waals surface area contributed by atoms with Crippen molar-refractivity contribution in [1.29, 1.82) is 0 Å². The molecule has 0 saturated heterocycles. The number of carboxylic acids is 1. The smallest absolute Gasteiger partial charge is 0.321 e. The van der Waals surface area contributed by atoms with E-state index in [1.807, 2.05) is 43.3 Å². The van der Waals surface area contributed by atoms with E-state index in [-0.39, 0.29) is 30.2 Å². The van der Waals surface area contributed by atoms with Gasteiger partial charge in [-0.2, -0.15) is 4.72 Å². The van der Waals surface area contributed by atoms with Crippen molar-refractivity contribution in [3.05, 3.63) is 83.4 Å². The van der Waals surface area contributed by atoms with Crippen molar-refractivity contribution in [2.75, 3.05) is 25.5 Å². The van der Waals surface area contributed by atoms with Gasteiger partial charge in [-0.3, -0.25) is 9.59 Å². The van der Waals surface area contributed by atoms with E-state index < -0.39 is 22.0 Å². The predicted octanol–water partition coefficient (Wildman–Crippen LogP) is 4.01. The number of halogens is 1. The number of aliphatic carboxylic acids is 1. The normalized spacial score (nSPS) is 12.1. The maximum atomic E-state index is 12.8. The number of benzene rings is 3. The Morgan fingerprint density at radius 2 is 1.47 bits per heavy atom. The molecule has 0 heterocycles. The van der Waals surface area contributed by atoms with Crippen LogP contribution in [-0.2, 0) is 14.8 Å². The van der Waals surface area contributed by atoms with Gasteiger partial charge in [0.25, 0.3) is 5.91 Å². The highest BCUT2D eigenvalue weighted by molar-refractivity contribution is 7.89. The maximum absolute atomic E-state index is 12.8. The fourth-order valence-electron chi connectivity index (χ4n) is 3.48. The van der Waals surface area contributed by atoms with E-state index in [0.29, 0.717) is 10.6 Å². The van der Waals surface area contributed by atoms with Crippen molar-refractivity contribution in [2.45, 2.75) is 23.8 Å². The average Bonchev–Trinajstić information content (AvgIpc) is 2.86. The van der Waals surface area contributed by atoms with Gasteiger partial charge in [0.05, 0.1) is 4.90 Å². The maximum Gasteiger partial charge on any atom is 0.321 e. The standard InChI is InChI=1S/C26H28ClN3O5S/c1-30(2)22-13-7-20(8-14-22)25(31)28-17-3-4-24(26(32)33)29-36(34,35)23-15-9-19(10-16-23)18-5-11-21(27)12-6-18/h5-16,24,29H,3-4,17H2,1-2H3,(H,28,31)(H,32,33)/t24-/m1/s1. The average molecular weight is 530 g/mol. The van der Waals surface area contributed by atoms with Crippen LogP contribution in [0.3, 0.4) is 0 Å².